The molecule has 2 heterocycles. The van der Waals surface area contributed by atoms with Gasteiger partial charge in [0.1, 0.15) is 0 Å². The standard InChI is InChI=1S/C16H18N4/c1-16(6-7-18-11-16)15-9-19-12-20(15)10-14-4-2-13(8-17)3-5-14/h2-5,9,12,18H,6-7,10-11H2,1H3. The van der Waals surface area contributed by atoms with Gasteiger partial charge in [0.25, 0.3) is 0 Å². The van der Waals surface area contributed by atoms with E-state index in [0.29, 0.717) is 5.56 Å². The topological polar surface area (TPSA) is 53.6 Å². The van der Waals surface area contributed by atoms with Gasteiger partial charge in [-0.05, 0) is 30.7 Å². The molecule has 2 aromatic rings. The molecule has 0 radical (unpaired) electrons. The highest BCUT2D eigenvalue weighted by molar-refractivity contribution is 5.32. The molecule has 3 rings (SSSR count). The van der Waals surface area contributed by atoms with E-state index in [9.17, 15) is 0 Å². The lowest BCUT2D eigenvalue weighted by atomic mass is 9.86. The minimum absolute atomic E-state index is 0.170. The van der Waals surface area contributed by atoms with Crippen molar-refractivity contribution in [3.05, 3.63) is 53.6 Å². The van der Waals surface area contributed by atoms with Crippen LogP contribution in [0.2, 0.25) is 0 Å². The highest BCUT2D eigenvalue weighted by Gasteiger charge is 2.33. The van der Waals surface area contributed by atoms with E-state index in [-0.39, 0.29) is 5.41 Å². The summed E-state index contributed by atoms with van der Waals surface area (Å²) in [7, 11) is 0. The number of nitrogens with one attached hydrogen (secondary N) is 1. The van der Waals surface area contributed by atoms with Crippen LogP contribution in [0.5, 0.6) is 0 Å². The molecule has 1 aromatic heterocycles. The van der Waals surface area contributed by atoms with Crippen LogP contribution in [0.25, 0.3) is 0 Å². The van der Waals surface area contributed by atoms with Gasteiger partial charge in [-0.25, -0.2) is 4.98 Å². The third-order valence-electron chi connectivity index (χ3n) is 4.14. The molecule has 1 aromatic carbocycles. The van der Waals surface area contributed by atoms with Crippen LogP contribution in [-0.2, 0) is 12.0 Å². The number of aromatic nitrogens is 2. The monoisotopic (exact) mass is 266 g/mol. The number of nitrogens with zero attached hydrogens (tertiary/aromatic N) is 3. The molecule has 0 bridgehead atoms. The Bertz CT molecular complexity index is 627. The van der Waals surface area contributed by atoms with Crippen LogP contribution in [0, 0.1) is 11.3 Å². The Morgan fingerprint density at radius 3 is 2.85 bits per heavy atom. The third kappa shape index (κ3) is 2.33. The van der Waals surface area contributed by atoms with E-state index in [1.165, 1.54) is 11.3 Å². The molecule has 1 unspecified atom stereocenters. The predicted octanol–water partition coefficient (Wildman–Crippen LogP) is 2.05. The maximum Gasteiger partial charge on any atom is 0.0991 e. The summed E-state index contributed by atoms with van der Waals surface area (Å²) in [6.07, 6.45) is 5.03. The normalized spacial score (nSPS) is 21.8. The van der Waals surface area contributed by atoms with E-state index in [2.05, 4.69) is 27.9 Å². The maximum atomic E-state index is 8.83. The summed E-state index contributed by atoms with van der Waals surface area (Å²) in [4.78, 5) is 4.32. The summed E-state index contributed by atoms with van der Waals surface area (Å²) in [5.74, 6) is 0. The molecule has 1 saturated heterocycles. The summed E-state index contributed by atoms with van der Waals surface area (Å²) in [5.41, 5.74) is 3.35. The van der Waals surface area contributed by atoms with E-state index in [4.69, 9.17) is 5.26 Å². The first-order valence-corrected chi connectivity index (χ1v) is 6.92. The van der Waals surface area contributed by atoms with Crippen LogP contribution in [0.4, 0.5) is 0 Å². The van der Waals surface area contributed by atoms with Crippen molar-refractivity contribution >= 4 is 0 Å². The highest BCUT2D eigenvalue weighted by Crippen LogP contribution is 2.30. The lowest BCUT2D eigenvalue weighted by molar-refractivity contribution is 0.481. The van der Waals surface area contributed by atoms with Gasteiger partial charge in [-0.3, -0.25) is 0 Å². The van der Waals surface area contributed by atoms with Crippen LogP contribution >= 0.6 is 0 Å². The lowest BCUT2D eigenvalue weighted by Gasteiger charge is -2.24. The van der Waals surface area contributed by atoms with Crippen LogP contribution in [0.3, 0.4) is 0 Å². The SMILES string of the molecule is CC1(c2cncn2Cc2ccc(C#N)cc2)CCNC1. The minimum Gasteiger partial charge on any atom is -0.330 e. The zero-order chi connectivity index (χ0) is 14.0. The second-order valence-electron chi connectivity index (χ2n) is 5.70. The number of rotatable bonds is 3. The second kappa shape index (κ2) is 5.10. The van der Waals surface area contributed by atoms with Crippen molar-refractivity contribution in [2.45, 2.75) is 25.3 Å². The number of hydrogen-bond donors (Lipinski definition) is 1. The zero-order valence-electron chi connectivity index (χ0n) is 11.6. The molecule has 0 aliphatic carbocycles. The number of imidazole rings is 1. The molecule has 1 N–H and O–H groups in total. The third-order valence-corrected chi connectivity index (χ3v) is 4.14. The number of hydrogen-bond acceptors (Lipinski definition) is 3. The molecular weight excluding hydrogens is 248 g/mol. The van der Waals surface area contributed by atoms with Crippen molar-refractivity contribution in [1.29, 1.82) is 5.26 Å². The van der Waals surface area contributed by atoms with Gasteiger partial charge in [-0.15, -0.1) is 0 Å². The van der Waals surface area contributed by atoms with Gasteiger partial charge in [-0.1, -0.05) is 19.1 Å². The molecule has 1 atom stereocenters. The molecular formula is C16H18N4. The van der Waals surface area contributed by atoms with Crippen LogP contribution in [-0.4, -0.2) is 22.6 Å². The molecule has 102 valence electrons. The minimum atomic E-state index is 0.170. The van der Waals surface area contributed by atoms with Crippen LogP contribution in [0.1, 0.15) is 30.2 Å². The van der Waals surface area contributed by atoms with Gasteiger partial charge < -0.3 is 9.88 Å². The Balaban J connectivity index is 1.84. The maximum absolute atomic E-state index is 8.83. The van der Waals surface area contributed by atoms with Crippen LogP contribution < -0.4 is 5.32 Å². The van der Waals surface area contributed by atoms with E-state index >= 15 is 0 Å². The van der Waals surface area contributed by atoms with E-state index < -0.39 is 0 Å². The Morgan fingerprint density at radius 1 is 1.40 bits per heavy atom. The molecule has 1 fully saturated rings. The summed E-state index contributed by atoms with van der Waals surface area (Å²) in [5, 5.41) is 12.3. The Morgan fingerprint density at radius 2 is 2.20 bits per heavy atom. The largest absolute Gasteiger partial charge is 0.330 e. The van der Waals surface area contributed by atoms with Gasteiger partial charge in [0, 0.05) is 30.4 Å². The number of benzene rings is 1. The Hall–Kier alpha value is -2.12. The van der Waals surface area contributed by atoms with Crippen molar-refractivity contribution in [2.24, 2.45) is 0 Å². The van der Waals surface area contributed by atoms with Gasteiger partial charge >= 0.3 is 0 Å². The van der Waals surface area contributed by atoms with Crippen LogP contribution in [0.15, 0.2) is 36.8 Å². The molecule has 20 heavy (non-hydrogen) atoms. The smallest absolute Gasteiger partial charge is 0.0991 e. The zero-order valence-corrected chi connectivity index (χ0v) is 11.6. The molecule has 4 heteroatoms. The molecule has 0 saturated carbocycles. The van der Waals surface area contributed by atoms with Gasteiger partial charge in [0.2, 0.25) is 0 Å². The fourth-order valence-corrected chi connectivity index (χ4v) is 2.87. The Labute approximate surface area is 119 Å². The second-order valence-corrected chi connectivity index (χ2v) is 5.70. The summed E-state index contributed by atoms with van der Waals surface area (Å²) in [6, 6.07) is 9.90. The van der Waals surface area contributed by atoms with Gasteiger partial charge in [0.15, 0.2) is 0 Å². The van der Waals surface area contributed by atoms with Gasteiger partial charge in [0.05, 0.1) is 18.0 Å². The van der Waals surface area contributed by atoms with Crippen molar-refractivity contribution in [2.75, 3.05) is 13.1 Å². The van der Waals surface area contributed by atoms with E-state index in [1.807, 2.05) is 36.8 Å². The summed E-state index contributed by atoms with van der Waals surface area (Å²) < 4.78 is 2.22. The molecule has 0 spiro atoms. The number of nitriles is 1. The average Bonchev–Trinajstić information content (AvgIpc) is 3.10. The summed E-state index contributed by atoms with van der Waals surface area (Å²) in [6.45, 7) is 5.17. The first-order chi connectivity index (χ1) is 9.71. The van der Waals surface area contributed by atoms with Crippen molar-refractivity contribution in [3.63, 3.8) is 0 Å². The predicted molar refractivity (Wildman–Crippen MR) is 77.3 cm³/mol. The highest BCUT2D eigenvalue weighted by atomic mass is 15.1. The first kappa shape index (κ1) is 12.9. The molecule has 4 nitrogen and oxygen atoms in total. The average molecular weight is 266 g/mol. The fraction of sp³-hybridized carbons (Fsp3) is 0.375. The Kier molecular flexibility index (Phi) is 3.29. The van der Waals surface area contributed by atoms with E-state index in [1.54, 1.807) is 0 Å². The quantitative estimate of drug-likeness (QED) is 0.925. The lowest BCUT2D eigenvalue weighted by Crippen LogP contribution is -2.28. The fourth-order valence-electron chi connectivity index (χ4n) is 2.87. The van der Waals surface area contributed by atoms with Crippen molar-refractivity contribution in [3.8, 4) is 6.07 Å². The molecule has 1 aliphatic rings. The summed E-state index contributed by atoms with van der Waals surface area (Å²) >= 11 is 0. The van der Waals surface area contributed by atoms with E-state index in [0.717, 1.165) is 26.1 Å². The van der Waals surface area contributed by atoms with Gasteiger partial charge in [-0.2, -0.15) is 5.26 Å². The van der Waals surface area contributed by atoms with Crippen molar-refractivity contribution in [1.82, 2.24) is 14.9 Å². The molecule has 0 amide bonds. The van der Waals surface area contributed by atoms with Crippen molar-refractivity contribution < 1.29 is 0 Å². The first-order valence-electron chi connectivity index (χ1n) is 6.92. The molecule has 1 aliphatic heterocycles.